The van der Waals surface area contributed by atoms with Gasteiger partial charge in [0.1, 0.15) is 5.69 Å². The molecule has 1 aromatic heterocycles. The zero-order valence-corrected chi connectivity index (χ0v) is 10.3. The van der Waals surface area contributed by atoms with E-state index in [4.69, 9.17) is 5.73 Å². The van der Waals surface area contributed by atoms with Crippen molar-refractivity contribution < 1.29 is 9.72 Å². The number of rotatable bonds is 4. The van der Waals surface area contributed by atoms with Crippen molar-refractivity contribution in [3.63, 3.8) is 0 Å². The molecule has 18 heavy (non-hydrogen) atoms. The van der Waals surface area contributed by atoms with Gasteiger partial charge < -0.3 is 15.6 Å². The minimum absolute atomic E-state index is 0.00592. The summed E-state index contributed by atoms with van der Waals surface area (Å²) in [5, 5.41) is 13.5. The molecule has 7 nitrogen and oxygen atoms in total. The van der Waals surface area contributed by atoms with Crippen LogP contribution in [0.5, 0.6) is 0 Å². The molecule has 1 heterocycles. The van der Waals surface area contributed by atoms with E-state index in [-0.39, 0.29) is 29.7 Å². The van der Waals surface area contributed by atoms with E-state index in [1.165, 1.54) is 12.3 Å². The van der Waals surface area contributed by atoms with Crippen LogP contribution >= 0.6 is 0 Å². The van der Waals surface area contributed by atoms with E-state index in [0.29, 0.717) is 5.69 Å². The van der Waals surface area contributed by atoms with Crippen molar-refractivity contribution in [2.75, 3.05) is 0 Å². The van der Waals surface area contributed by atoms with Crippen molar-refractivity contribution in [1.29, 1.82) is 0 Å². The second kappa shape index (κ2) is 4.41. The quantitative estimate of drug-likeness (QED) is 0.611. The number of hydrogen-bond acceptors (Lipinski definition) is 4. The molecule has 0 spiro atoms. The number of nitro groups is 1. The predicted octanol–water partition coefficient (Wildman–Crippen LogP) is 0.807. The lowest BCUT2D eigenvalue weighted by Gasteiger charge is -2.11. The smallest absolute Gasteiger partial charge is 0.287 e. The van der Waals surface area contributed by atoms with E-state index in [1.54, 1.807) is 4.57 Å². The molecule has 1 aliphatic carbocycles. The lowest BCUT2D eigenvalue weighted by Crippen LogP contribution is -2.31. The molecule has 0 radical (unpaired) electrons. The first-order chi connectivity index (χ1) is 8.40. The predicted molar refractivity (Wildman–Crippen MR) is 65.3 cm³/mol. The van der Waals surface area contributed by atoms with Gasteiger partial charge in [-0.1, -0.05) is 0 Å². The highest BCUT2D eigenvalue weighted by Crippen LogP contribution is 2.23. The number of nitrogens with two attached hydrogens (primary N) is 1. The molecule has 1 saturated carbocycles. The number of carbonyl (C=O) groups excluding carboxylic acids is 1. The first-order valence-electron chi connectivity index (χ1n) is 5.83. The summed E-state index contributed by atoms with van der Waals surface area (Å²) in [6, 6.07) is 1.27. The molecule has 2 unspecified atom stereocenters. The van der Waals surface area contributed by atoms with Gasteiger partial charge in [0, 0.05) is 24.2 Å². The molecule has 2 atom stereocenters. The summed E-state index contributed by atoms with van der Waals surface area (Å²) in [5.41, 5.74) is 5.84. The number of aromatic nitrogens is 1. The van der Waals surface area contributed by atoms with Gasteiger partial charge in [-0.25, -0.2) is 0 Å². The first-order valence-corrected chi connectivity index (χ1v) is 5.83. The Kier molecular flexibility index (Phi) is 3.08. The molecule has 1 aliphatic rings. The number of nitrogens with zero attached hydrogens (tertiary/aromatic N) is 2. The first kappa shape index (κ1) is 12.6. The summed E-state index contributed by atoms with van der Waals surface area (Å²) in [7, 11) is 0. The van der Waals surface area contributed by atoms with Crippen LogP contribution in [0.1, 0.15) is 36.8 Å². The summed E-state index contributed by atoms with van der Waals surface area (Å²) >= 11 is 0. The molecular formula is C11H16N4O3. The Hall–Kier alpha value is -1.89. The van der Waals surface area contributed by atoms with Gasteiger partial charge in [-0.2, -0.15) is 0 Å². The standard InChI is InChI=1S/C11H16N4O3/c1-6(2)14-5-7(15(17)18)3-10(14)11(16)13-9-4-8(9)12/h3,5-6,8-9H,4,12H2,1-2H3,(H,13,16). The highest BCUT2D eigenvalue weighted by Gasteiger charge is 2.35. The number of hydrogen-bond donors (Lipinski definition) is 2. The van der Waals surface area contributed by atoms with Crippen molar-refractivity contribution in [2.45, 2.75) is 38.4 Å². The maximum absolute atomic E-state index is 12.0. The van der Waals surface area contributed by atoms with Gasteiger partial charge in [-0.05, 0) is 20.3 Å². The molecular weight excluding hydrogens is 236 g/mol. The van der Waals surface area contributed by atoms with Crippen molar-refractivity contribution >= 4 is 11.6 Å². The molecule has 3 N–H and O–H groups in total. The van der Waals surface area contributed by atoms with Gasteiger partial charge in [0.2, 0.25) is 0 Å². The second-order valence-electron chi connectivity index (χ2n) is 4.82. The Balaban J connectivity index is 2.24. The van der Waals surface area contributed by atoms with E-state index < -0.39 is 4.92 Å². The van der Waals surface area contributed by atoms with Crippen LogP contribution in [0, 0.1) is 10.1 Å². The molecule has 7 heteroatoms. The average Bonchev–Trinajstić information content (AvgIpc) is 2.82. The number of amides is 1. The van der Waals surface area contributed by atoms with E-state index >= 15 is 0 Å². The molecule has 0 saturated heterocycles. The van der Waals surface area contributed by atoms with Gasteiger partial charge >= 0.3 is 0 Å². The molecule has 1 amide bonds. The van der Waals surface area contributed by atoms with E-state index in [1.807, 2.05) is 13.8 Å². The van der Waals surface area contributed by atoms with Gasteiger partial charge in [0.25, 0.3) is 11.6 Å². The van der Waals surface area contributed by atoms with Crippen LogP contribution < -0.4 is 11.1 Å². The van der Waals surface area contributed by atoms with E-state index in [2.05, 4.69) is 5.32 Å². The van der Waals surface area contributed by atoms with Crippen molar-refractivity contribution in [3.8, 4) is 0 Å². The maximum atomic E-state index is 12.0. The van der Waals surface area contributed by atoms with Crippen molar-refractivity contribution in [2.24, 2.45) is 5.73 Å². The van der Waals surface area contributed by atoms with Gasteiger partial charge in [-0.15, -0.1) is 0 Å². The Morgan fingerprint density at radius 1 is 1.67 bits per heavy atom. The highest BCUT2D eigenvalue weighted by atomic mass is 16.6. The zero-order valence-electron chi connectivity index (χ0n) is 10.3. The zero-order chi connectivity index (χ0) is 13.4. The second-order valence-corrected chi connectivity index (χ2v) is 4.82. The normalized spacial score (nSPS) is 22.0. The van der Waals surface area contributed by atoms with E-state index in [0.717, 1.165) is 6.42 Å². The number of carbonyl (C=O) groups is 1. The summed E-state index contributed by atoms with van der Waals surface area (Å²) in [6.07, 6.45) is 2.14. The highest BCUT2D eigenvalue weighted by molar-refractivity contribution is 5.94. The third kappa shape index (κ3) is 2.35. The number of nitrogens with one attached hydrogen (secondary N) is 1. The van der Waals surface area contributed by atoms with Gasteiger partial charge in [0.05, 0.1) is 11.1 Å². The van der Waals surface area contributed by atoms with Crippen LogP contribution in [0.3, 0.4) is 0 Å². The molecule has 1 fully saturated rings. The molecule has 98 valence electrons. The van der Waals surface area contributed by atoms with Crippen LogP contribution in [-0.2, 0) is 0 Å². The minimum atomic E-state index is -0.501. The fourth-order valence-electron chi connectivity index (χ4n) is 1.80. The van der Waals surface area contributed by atoms with Crippen LogP contribution in [-0.4, -0.2) is 27.5 Å². The lowest BCUT2D eigenvalue weighted by molar-refractivity contribution is -0.384. The summed E-state index contributed by atoms with van der Waals surface area (Å²) in [5.74, 6) is -0.310. The third-order valence-corrected chi connectivity index (χ3v) is 2.99. The molecule has 2 rings (SSSR count). The summed E-state index contributed by atoms with van der Waals surface area (Å²) in [6.45, 7) is 3.73. The van der Waals surface area contributed by atoms with Crippen LogP contribution in [0.2, 0.25) is 0 Å². The Labute approximate surface area is 104 Å². The monoisotopic (exact) mass is 252 g/mol. The fraction of sp³-hybridized carbons (Fsp3) is 0.545. The van der Waals surface area contributed by atoms with Crippen molar-refractivity contribution in [3.05, 3.63) is 28.1 Å². The Morgan fingerprint density at radius 3 is 2.72 bits per heavy atom. The third-order valence-electron chi connectivity index (χ3n) is 2.99. The summed E-state index contributed by atoms with van der Waals surface area (Å²) < 4.78 is 1.60. The largest absolute Gasteiger partial charge is 0.346 e. The van der Waals surface area contributed by atoms with Crippen molar-refractivity contribution in [1.82, 2.24) is 9.88 Å². The van der Waals surface area contributed by atoms with Gasteiger partial charge in [0.15, 0.2) is 0 Å². The Morgan fingerprint density at radius 2 is 2.28 bits per heavy atom. The fourth-order valence-corrected chi connectivity index (χ4v) is 1.80. The maximum Gasteiger partial charge on any atom is 0.287 e. The minimum Gasteiger partial charge on any atom is -0.346 e. The molecule has 0 aliphatic heterocycles. The van der Waals surface area contributed by atoms with Crippen LogP contribution in [0.4, 0.5) is 5.69 Å². The Bertz CT molecular complexity index is 494. The molecule has 0 bridgehead atoms. The SMILES string of the molecule is CC(C)n1cc([N+](=O)[O-])cc1C(=O)NC1CC1N. The summed E-state index contributed by atoms with van der Waals surface area (Å²) in [4.78, 5) is 22.2. The van der Waals surface area contributed by atoms with Gasteiger partial charge in [-0.3, -0.25) is 14.9 Å². The lowest BCUT2D eigenvalue weighted by atomic mass is 10.3. The van der Waals surface area contributed by atoms with Crippen LogP contribution in [0.25, 0.3) is 0 Å². The van der Waals surface area contributed by atoms with E-state index in [9.17, 15) is 14.9 Å². The topological polar surface area (TPSA) is 103 Å². The molecule has 1 aromatic rings. The molecule has 0 aromatic carbocycles. The van der Waals surface area contributed by atoms with Crippen LogP contribution in [0.15, 0.2) is 12.3 Å². The average molecular weight is 252 g/mol.